The number of thioether (sulfide) groups is 1. The molecule has 1 nitrogen and oxygen atoms in total. The van der Waals surface area contributed by atoms with Gasteiger partial charge in [0, 0.05) is 17.4 Å². The van der Waals surface area contributed by atoms with Crippen LogP contribution < -0.4 is 0 Å². The zero-order valence-electron chi connectivity index (χ0n) is 10.9. The minimum absolute atomic E-state index is 0.260. The van der Waals surface area contributed by atoms with Crippen molar-refractivity contribution in [3.63, 3.8) is 0 Å². The SMILES string of the molecule is OC(CSC1CCCCC1)Cc1cccc(F)c1Br. The van der Waals surface area contributed by atoms with Crippen molar-refractivity contribution in [1.29, 1.82) is 0 Å². The van der Waals surface area contributed by atoms with Crippen molar-refractivity contribution in [1.82, 2.24) is 0 Å². The van der Waals surface area contributed by atoms with Crippen molar-refractivity contribution >= 4 is 27.7 Å². The largest absolute Gasteiger partial charge is 0.392 e. The molecule has 1 aliphatic rings. The first-order valence-corrected chi connectivity index (χ1v) is 8.73. The van der Waals surface area contributed by atoms with Crippen molar-refractivity contribution in [3.05, 3.63) is 34.1 Å². The van der Waals surface area contributed by atoms with E-state index in [2.05, 4.69) is 15.9 Å². The predicted molar refractivity (Wildman–Crippen MR) is 83.1 cm³/mol. The Morgan fingerprint density at radius 1 is 1.32 bits per heavy atom. The third-order valence-electron chi connectivity index (χ3n) is 3.56. The lowest BCUT2D eigenvalue weighted by Gasteiger charge is -2.22. The summed E-state index contributed by atoms with van der Waals surface area (Å²) in [5, 5.41) is 10.8. The first-order chi connectivity index (χ1) is 9.16. The van der Waals surface area contributed by atoms with Crippen LogP contribution in [-0.4, -0.2) is 22.2 Å². The molecule has 0 amide bonds. The van der Waals surface area contributed by atoms with Crippen LogP contribution in [0, 0.1) is 5.82 Å². The van der Waals surface area contributed by atoms with Crippen LogP contribution in [0.2, 0.25) is 0 Å². The highest BCUT2D eigenvalue weighted by Gasteiger charge is 2.16. The fourth-order valence-electron chi connectivity index (χ4n) is 2.50. The second-order valence-electron chi connectivity index (χ2n) is 5.16. The van der Waals surface area contributed by atoms with Crippen LogP contribution >= 0.6 is 27.7 Å². The van der Waals surface area contributed by atoms with E-state index in [0.29, 0.717) is 16.1 Å². The number of halogens is 2. The fourth-order valence-corrected chi connectivity index (χ4v) is 4.20. The molecule has 1 fully saturated rings. The molecule has 4 heteroatoms. The Bertz CT molecular complexity index is 407. The van der Waals surface area contributed by atoms with Gasteiger partial charge in [0.1, 0.15) is 5.82 Å². The summed E-state index contributed by atoms with van der Waals surface area (Å²) in [4.78, 5) is 0. The monoisotopic (exact) mass is 346 g/mol. The number of aliphatic hydroxyl groups is 1. The summed E-state index contributed by atoms with van der Waals surface area (Å²) in [5.41, 5.74) is 0.844. The van der Waals surface area contributed by atoms with Crippen molar-refractivity contribution in [2.24, 2.45) is 0 Å². The molecule has 19 heavy (non-hydrogen) atoms. The third kappa shape index (κ3) is 4.76. The first kappa shape index (κ1) is 15.3. The van der Waals surface area contributed by atoms with E-state index in [0.717, 1.165) is 11.3 Å². The highest BCUT2D eigenvalue weighted by atomic mass is 79.9. The van der Waals surface area contributed by atoms with E-state index in [9.17, 15) is 9.50 Å². The highest BCUT2D eigenvalue weighted by Crippen LogP contribution is 2.29. The van der Waals surface area contributed by atoms with E-state index in [1.54, 1.807) is 6.07 Å². The Kier molecular flexibility index (Phi) is 6.17. The smallest absolute Gasteiger partial charge is 0.137 e. The lowest BCUT2D eigenvalue weighted by Crippen LogP contribution is -2.18. The van der Waals surface area contributed by atoms with Gasteiger partial charge >= 0.3 is 0 Å². The molecule has 0 aromatic heterocycles. The summed E-state index contributed by atoms with van der Waals surface area (Å²) in [6.07, 6.45) is 6.67. The summed E-state index contributed by atoms with van der Waals surface area (Å²) >= 11 is 5.12. The number of benzene rings is 1. The lowest BCUT2D eigenvalue weighted by atomic mass is 10.0. The van der Waals surface area contributed by atoms with Gasteiger partial charge in [-0.3, -0.25) is 0 Å². The van der Waals surface area contributed by atoms with E-state index in [1.807, 2.05) is 17.8 Å². The van der Waals surface area contributed by atoms with E-state index >= 15 is 0 Å². The topological polar surface area (TPSA) is 20.2 Å². The molecule has 106 valence electrons. The van der Waals surface area contributed by atoms with Gasteiger partial charge in [-0.05, 0) is 40.4 Å². The molecule has 0 spiro atoms. The van der Waals surface area contributed by atoms with E-state index < -0.39 is 6.10 Å². The molecule has 0 aliphatic heterocycles. The van der Waals surface area contributed by atoms with Crippen LogP contribution in [0.4, 0.5) is 4.39 Å². The molecule has 1 atom stereocenters. The van der Waals surface area contributed by atoms with Crippen molar-refractivity contribution in [2.75, 3.05) is 5.75 Å². The highest BCUT2D eigenvalue weighted by molar-refractivity contribution is 9.10. The number of hydrogen-bond donors (Lipinski definition) is 1. The second kappa shape index (κ2) is 7.65. The minimum Gasteiger partial charge on any atom is -0.392 e. The van der Waals surface area contributed by atoms with Gasteiger partial charge in [0.25, 0.3) is 0 Å². The summed E-state index contributed by atoms with van der Waals surface area (Å²) in [6, 6.07) is 4.98. The molecule has 1 N–H and O–H groups in total. The zero-order chi connectivity index (χ0) is 13.7. The van der Waals surface area contributed by atoms with Gasteiger partial charge in [-0.15, -0.1) is 0 Å². The van der Waals surface area contributed by atoms with Gasteiger partial charge in [0.05, 0.1) is 10.6 Å². The summed E-state index contributed by atoms with van der Waals surface area (Å²) in [7, 11) is 0. The van der Waals surface area contributed by atoms with Crippen LogP contribution in [-0.2, 0) is 6.42 Å². The van der Waals surface area contributed by atoms with Gasteiger partial charge in [-0.25, -0.2) is 4.39 Å². The molecule has 1 aromatic carbocycles. The Balaban J connectivity index is 1.80. The summed E-state index contributed by atoms with van der Waals surface area (Å²) in [5.74, 6) is 0.484. The minimum atomic E-state index is -0.398. The van der Waals surface area contributed by atoms with Gasteiger partial charge in [0.2, 0.25) is 0 Å². The zero-order valence-corrected chi connectivity index (χ0v) is 13.4. The Morgan fingerprint density at radius 2 is 2.05 bits per heavy atom. The maximum Gasteiger partial charge on any atom is 0.137 e. The van der Waals surface area contributed by atoms with Crippen LogP contribution in [0.5, 0.6) is 0 Å². The maximum absolute atomic E-state index is 13.4. The Morgan fingerprint density at radius 3 is 2.79 bits per heavy atom. The van der Waals surface area contributed by atoms with E-state index in [-0.39, 0.29) is 5.82 Å². The molecule has 1 aromatic rings. The summed E-state index contributed by atoms with van der Waals surface area (Å²) in [6.45, 7) is 0. The molecule has 0 radical (unpaired) electrons. The predicted octanol–water partition coefficient (Wildman–Crippen LogP) is 4.56. The molecular weight excluding hydrogens is 327 g/mol. The van der Waals surface area contributed by atoms with Crippen LogP contribution in [0.15, 0.2) is 22.7 Å². The number of hydrogen-bond acceptors (Lipinski definition) is 2. The van der Waals surface area contributed by atoms with E-state index in [4.69, 9.17) is 0 Å². The van der Waals surface area contributed by atoms with Crippen molar-refractivity contribution in [2.45, 2.75) is 49.9 Å². The number of aliphatic hydroxyl groups excluding tert-OH is 1. The normalized spacial score (nSPS) is 18.5. The van der Waals surface area contributed by atoms with E-state index in [1.165, 1.54) is 38.2 Å². The lowest BCUT2D eigenvalue weighted by molar-refractivity contribution is 0.199. The fraction of sp³-hybridized carbons (Fsp3) is 0.600. The van der Waals surface area contributed by atoms with Gasteiger partial charge in [0.15, 0.2) is 0 Å². The average Bonchev–Trinajstić information content (AvgIpc) is 2.43. The molecule has 2 rings (SSSR count). The standard InChI is InChI=1S/C15H20BrFOS/c16-15-11(5-4-8-14(15)17)9-12(18)10-19-13-6-2-1-3-7-13/h4-5,8,12-13,18H,1-3,6-7,9-10H2. The van der Waals surface area contributed by atoms with Crippen LogP contribution in [0.3, 0.4) is 0 Å². The quantitative estimate of drug-likeness (QED) is 0.843. The van der Waals surface area contributed by atoms with Gasteiger partial charge in [-0.2, -0.15) is 11.8 Å². The number of rotatable bonds is 5. The summed E-state index contributed by atoms with van der Waals surface area (Å²) < 4.78 is 13.9. The molecule has 0 heterocycles. The maximum atomic E-state index is 13.4. The van der Waals surface area contributed by atoms with Crippen molar-refractivity contribution < 1.29 is 9.50 Å². The second-order valence-corrected chi connectivity index (χ2v) is 7.29. The molecule has 1 aliphatic carbocycles. The first-order valence-electron chi connectivity index (χ1n) is 6.89. The average molecular weight is 347 g/mol. The Hall–Kier alpha value is -0.0600. The molecule has 0 saturated heterocycles. The molecule has 1 unspecified atom stereocenters. The van der Waals surface area contributed by atoms with Gasteiger partial charge in [-0.1, -0.05) is 31.4 Å². The van der Waals surface area contributed by atoms with Gasteiger partial charge < -0.3 is 5.11 Å². The van der Waals surface area contributed by atoms with Crippen LogP contribution in [0.1, 0.15) is 37.7 Å². The Labute approximate surface area is 127 Å². The molecular formula is C15H20BrFOS. The van der Waals surface area contributed by atoms with Crippen LogP contribution in [0.25, 0.3) is 0 Å². The third-order valence-corrected chi connectivity index (χ3v) is 5.97. The van der Waals surface area contributed by atoms with Crippen molar-refractivity contribution in [3.8, 4) is 0 Å². The molecule has 0 bridgehead atoms. The molecule has 1 saturated carbocycles.